The predicted octanol–water partition coefficient (Wildman–Crippen LogP) is 3.25. The summed E-state index contributed by atoms with van der Waals surface area (Å²) in [5, 5.41) is 0. The number of imidazole rings is 1. The summed E-state index contributed by atoms with van der Waals surface area (Å²) >= 11 is 3.48. The van der Waals surface area contributed by atoms with Crippen molar-refractivity contribution in [1.29, 1.82) is 0 Å². The van der Waals surface area contributed by atoms with Gasteiger partial charge in [0.1, 0.15) is 0 Å². The molecule has 2 heterocycles. The van der Waals surface area contributed by atoms with Crippen molar-refractivity contribution in [2.45, 2.75) is 0 Å². The summed E-state index contributed by atoms with van der Waals surface area (Å²) in [6.07, 6.45) is 3.39. The van der Waals surface area contributed by atoms with Gasteiger partial charge in [0.2, 0.25) is 0 Å². The molecule has 1 aromatic heterocycles. The molecular formula is C19H19BrN4O. The van der Waals surface area contributed by atoms with Crippen LogP contribution in [0.4, 0.5) is 11.4 Å². The summed E-state index contributed by atoms with van der Waals surface area (Å²) in [5.41, 5.74) is 3.23. The lowest BCUT2D eigenvalue weighted by molar-refractivity contribution is 0.653. The van der Waals surface area contributed by atoms with E-state index in [9.17, 15) is 4.79 Å². The van der Waals surface area contributed by atoms with Crippen LogP contribution in [0.2, 0.25) is 0 Å². The van der Waals surface area contributed by atoms with Crippen molar-refractivity contribution in [3.8, 4) is 5.69 Å². The fourth-order valence-electron chi connectivity index (χ4n) is 3.22. The molecule has 1 aliphatic heterocycles. The molecule has 25 heavy (non-hydrogen) atoms. The van der Waals surface area contributed by atoms with Crippen molar-refractivity contribution in [3.05, 3.63) is 75.9 Å². The molecule has 0 aliphatic carbocycles. The van der Waals surface area contributed by atoms with Crippen LogP contribution in [-0.2, 0) is 0 Å². The fourth-order valence-corrected chi connectivity index (χ4v) is 3.49. The number of anilines is 2. The molecule has 0 bridgehead atoms. The zero-order valence-electron chi connectivity index (χ0n) is 13.7. The maximum atomic E-state index is 11.7. The van der Waals surface area contributed by atoms with Gasteiger partial charge in [-0.2, -0.15) is 0 Å². The lowest BCUT2D eigenvalue weighted by Crippen LogP contribution is -2.46. The van der Waals surface area contributed by atoms with Crippen molar-refractivity contribution < 1.29 is 0 Å². The zero-order chi connectivity index (χ0) is 17.2. The van der Waals surface area contributed by atoms with E-state index in [1.165, 1.54) is 11.4 Å². The highest BCUT2D eigenvalue weighted by atomic mass is 79.9. The Morgan fingerprint density at radius 3 is 1.72 bits per heavy atom. The molecule has 1 aliphatic rings. The van der Waals surface area contributed by atoms with Crippen LogP contribution in [0.1, 0.15) is 0 Å². The molecule has 1 N–H and O–H groups in total. The average molecular weight is 399 g/mol. The van der Waals surface area contributed by atoms with Crippen LogP contribution in [0, 0.1) is 0 Å². The van der Waals surface area contributed by atoms with Crippen molar-refractivity contribution in [1.82, 2.24) is 9.55 Å². The number of hydrogen-bond donors (Lipinski definition) is 1. The Morgan fingerprint density at radius 1 is 0.760 bits per heavy atom. The summed E-state index contributed by atoms with van der Waals surface area (Å²) in [6.45, 7) is 3.97. The van der Waals surface area contributed by atoms with Crippen molar-refractivity contribution in [2.24, 2.45) is 0 Å². The normalized spacial score (nSPS) is 14.8. The maximum absolute atomic E-state index is 11.7. The molecule has 0 amide bonds. The maximum Gasteiger partial charge on any atom is 0.330 e. The summed E-state index contributed by atoms with van der Waals surface area (Å²) in [7, 11) is 0. The number of H-pyrrole nitrogens is 1. The number of benzene rings is 2. The van der Waals surface area contributed by atoms with E-state index in [1.807, 2.05) is 12.1 Å². The Morgan fingerprint density at radius 2 is 1.24 bits per heavy atom. The highest BCUT2D eigenvalue weighted by Crippen LogP contribution is 2.23. The highest BCUT2D eigenvalue weighted by molar-refractivity contribution is 9.10. The first-order chi connectivity index (χ1) is 12.2. The van der Waals surface area contributed by atoms with Crippen molar-refractivity contribution in [2.75, 3.05) is 36.0 Å². The van der Waals surface area contributed by atoms with E-state index < -0.39 is 0 Å². The minimum absolute atomic E-state index is 0.115. The lowest BCUT2D eigenvalue weighted by atomic mass is 10.2. The predicted molar refractivity (Wildman–Crippen MR) is 105 cm³/mol. The van der Waals surface area contributed by atoms with E-state index in [0.717, 1.165) is 36.3 Å². The van der Waals surface area contributed by atoms with Crippen molar-refractivity contribution >= 4 is 27.3 Å². The molecule has 2 aromatic carbocycles. The third kappa shape index (κ3) is 3.35. The summed E-state index contributed by atoms with van der Waals surface area (Å²) in [4.78, 5) is 19.1. The third-order valence-electron chi connectivity index (χ3n) is 4.61. The van der Waals surface area contributed by atoms with Crippen LogP contribution in [0.5, 0.6) is 0 Å². The molecule has 0 spiro atoms. The fraction of sp³-hybridized carbons (Fsp3) is 0.211. The van der Waals surface area contributed by atoms with E-state index >= 15 is 0 Å². The van der Waals surface area contributed by atoms with Crippen LogP contribution in [-0.4, -0.2) is 35.7 Å². The molecule has 128 valence electrons. The number of halogens is 1. The SMILES string of the molecule is O=c1[nH]ccn1-c1ccc(N2CCN(c3ccc(Br)cc3)CC2)cc1. The van der Waals surface area contributed by atoms with Gasteiger partial charge in [-0.3, -0.25) is 4.57 Å². The van der Waals surface area contributed by atoms with Gasteiger partial charge in [0.15, 0.2) is 0 Å². The quantitative estimate of drug-likeness (QED) is 0.736. The first-order valence-corrected chi connectivity index (χ1v) is 9.12. The molecule has 5 nitrogen and oxygen atoms in total. The van der Waals surface area contributed by atoms with Gasteiger partial charge >= 0.3 is 5.69 Å². The Kier molecular flexibility index (Phi) is 4.36. The first-order valence-electron chi connectivity index (χ1n) is 8.33. The van der Waals surface area contributed by atoms with Crippen LogP contribution in [0.15, 0.2) is 70.2 Å². The molecule has 0 unspecified atom stereocenters. The monoisotopic (exact) mass is 398 g/mol. The largest absolute Gasteiger partial charge is 0.368 e. The molecule has 4 rings (SSSR count). The molecule has 6 heteroatoms. The second-order valence-electron chi connectivity index (χ2n) is 6.10. The number of hydrogen-bond acceptors (Lipinski definition) is 3. The van der Waals surface area contributed by atoms with Gasteiger partial charge in [-0.1, -0.05) is 15.9 Å². The molecule has 0 saturated carbocycles. The summed E-state index contributed by atoms with van der Waals surface area (Å²) in [5.74, 6) is 0. The number of nitrogens with one attached hydrogen (secondary N) is 1. The molecule has 1 saturated heterocycles. The highest BCUT2D eigenvalue weighted by Gasteiger charge is 2.17. The second-order valence-corrected chi connectivity index (χ2v) is 7.02. The minimum Gasteiger partial charge on any atom is -0.368 e. The van der Waals surface area contributed by atoms with Crippen LogP contribution in [0.3, 0.4) is 0 Å². The van der Waals surface area contributed by atoms with Gasteiger partial charge in [-0.25, -0.2) is 4.79 Å². The van der Waals surface area contributed by atoms with Gasteiger partial charge in [0.05, 0.1) is 5.69 Å². The van der Waals surface area contributed by atoms with E-state index in [2.05, 4.69) is 67.1 Å². The van der Waals surface area contributed by atoms with Crippen LogP contribution >= 0.6 is 15.9 Å². The van der Waals surface area contributed by atoms with E-state index in [-0.39, 0.29) is 5.69 Å². The van der Waals surface area contributed by atoms with Crippen LogP contribution in [0.25, 0.3) is 5.69 Å². The topological polar surface area (TPSA) is 44.3 Å². The molecule has 0 radical (unpaired) electrons. The zero-order valence-corrected chi connectivity index (χ0v) is 15.3. The Hall–Kier alpha value is -2.47. The van der Waals surface area contributed by atoms with Crippen LogP contribution < -0.4 is 15.5 Å². The smallest absolute Gasteiger partial charge is 0.330 e. The molecule has 1 fully saturated rings. The number of aromatic nitrogens is 2. The van der Waals surface area contributed by atoms with Gasteiger partial charge in [-0.15, -0.1) is 0 Å². The van der Waals surface area contributed by atoms with Gasteiger partial charge in [0.25, 0.3) is 0 Å². The van der Waals surface area contributed by atoms with Gasteiger partial charge in [-0.05, 0) is 48.5 Å². The Bertz CT molecular complexity index is 890. The second kappa shape index (κ2) is 6.80. The van der Waals surface area contributed by atoms with E-state index in [0.29, 0.717) is 0 Å². The van der Waals surface area contributed by atoms with Crippen molar-refractivity contribution in [3.63, 3.8) is 0 Å². The number of aromatic amines is 1. The Labute approximate surface area is 154 Å². The minimum atomic E-state index is -0.115. The van der Waals surface area contributed by atoms with E-state index in [1.54, 1.807) is 17.0 Å². The Balaban J connectivity index is 1.43. The van der Waals surface area contributed by atoms with Gasteiger partial charge < -0.3 is 14.8 Å². The number of rotatable bonds is 3. The molecule has 3 aromatic rings. The summed E-state index contributed by atoms with van der Waals surface area (Å²) < 4.78 is 2.71. The van der Waals surface area contributed by atoms with Gasteiger partial charge in [0, 0.05) is 54.4 Å². The molecular weight excluding hydrogens is 380 g/mol. The molecule has 0 atom stereocenters. The third-order valence-corrected chi connectivity index (χ3v) is 5.14. The lowest BCUT2D eigenvalue weighted by Gasteiger charge is -2.37. The van der Waals surface area contributed by atoms with E-state index in [4.69, 9.17) is 0 Å². The number of nitrogens with zero attached hydrogens (tertiary/aromatic N) is 3. The summed E-state index contributed by atoms with van der Waals surface area (Å²) in [6, 6.07) is 16.6. The number of piperazine rings is 1. The standard InChI is InChI=1S/C19H19BrN4O/c20-15-1-3-16(4-2-15)22-11-13-23(14-12-22)17-5-7-18(8-6-17)24-10-9-21-19(24)25/h1-10H,11-14H2,(H,21,25). The first kappa shape index (κ1) is 16.0. The average Bonchev–Trinajstić information content (AvgIpc) is 3.09.